The van der Waals surface area contributed by atoms with Gasteiger partial charge in [0.15, 0.2) is 0 Å². The number of benzene rings is 2. The number of hydrogen-bond donors (Lipinski definition) is 0. The smallest absolute Gasteiger partial charge is 0.119 e. The van der Waals surface area contributed by atoms with Gasteiger partial charge in [-0.1, -0.05) is 24.3 Å². The van der Waals surface area contributed by atoms with Crippen LogP contribution in [0.1, 0.15) is 51.7 Å². The Bertz CT molecular complexity index is 658. The lowest BCUT2D eigenvalue weighted by Crippen LogP contribution is -2.37. The van der Waals surface area contributed by atoms with Gasteiger partial charge in [-0.3, -0.25) is 0 Å². The number of hydrogen-bond acceptors (Lipinski definition) is 3. The molecule has 0 aliphatic rings. The van der Waals surface area contributed by atoms with Crippen molar-refractivity contribution in [1.82, 2.24) is 0 Å². The van der Waals surface area contributed by atoms with Crippen LogP contribution in [0.4, 0.5) is 0 Å². The minimum atomic E-state index is -0.193. The average Bonchev–Trinajstić information content (AvgIpc) is 2.64. The lowest BCUT2D eigenvalue weighted by molar-refractivity contribution is -0.128. The van der Waals surface area contributed by atoms with Gasteiger partial charge in [-0.05, 0) is 88.8 Å². The molecule has 3 nitrogen and oxygen atoms in total. The van der Waals surface area contributed by atoms with Crippen molar-refractivity contribution in [2.75, 3.05) is 14.2 Å². The van der Waals surface area contributed by atoms with Crippen molar-refractivity contribution in [3.8, 4) is 11.5 Å². The second kappa shape index (κ2) is 9.27. The summed E-state index contributed by atoms with van der Waals surface area (Å²) >= 11 is 0. The first-order valence-corrected chi connectivity index (χ1v) is 9.69. The number of methoxy groups -OCH3 is 2. The first-order chi connectivity index (χ1) is 12.7. The summed E-state index contributed by atoms with van der Waals surface area (Å²) in [5.74, 6) is 1.81. The van der Waals surface area contributed by atoms with Gasteiger partial charge in [-0.2, -0.15) is 0 Å². The maximum atomic E-state index is 6.52. The fourth-order valence-corrected chi connectivity index (χ4v) is 3.40. The summed E-state index contributed by atoms with van der Waals surface area (Å²) in [7, 11) is 3.41. The second-order valence-corrected chi connectivity index (χ2v) is 8.32. The van der Waals surface area contributed by atoms with Crippen molar-refractivity contribution >= 4 is 0 Å². The summed E-state index contributed by atoms with van der Waals surface area (Å²) in [5, 5.41) is 0. The number of ether oxygens (including phenoxy) is 3. The van der Waals surface area contributed by atoms with Gasteiger partial charge in [-0.25, -0.2) is 0 Å². The molecule has 27 heavy (non-hydrogen) atoms. The molecular formula is C24H34O3. The monoisotopic (exact) mass is 370 g/mol. The highest BCUT2D eigenvalue weighted by molar-refractivity contribution is 5.29. The maximum absolute atomic E-state index is 6.52. The molecule has 0 spiro atoms. The van der Waals surface area contributed by atoms with Crippen LogP contribution in [-0.2, 0) is 17.6 Å². The molecule has 2 aromatic rings. The second-order valence-electron chi connectivity index (χ2n) is 8.32. The summed E-state index contributed by atoms with van der Waals surface area (Å²) in [4.78, 5) is 0. The Morgan fingerprint density at radius 3 is 1.44 bits per heavy atom. The van der Waals surface area contributed by atoms with Crippen molar-refractivity contribution in [1.29, 1.82) is 0 Å². The molecule has 3 heteroatoms. The van der Waals surface area contributed by atoms with Gasteiger partial charge in [0.2, 0.25) is 0 Å². The van der Waals surface area contributed by atoms with E-state index in [9.17, 15) is 0 Å². The van der Waals surface area contributed by atoms with E-state index in [2.05, 4.69) is 52.0 Å². The normalized spacial score (nSPS) is 12.1. The molecule has 0 atom stereocenters. The van der Waals surface area contributed by atoms with E-state index >= 15 is 0 Å². The van der Waals surface area contributed by atoms with E-state index in [1.54, 1.807) is 14.2 Å². The fraction of sp³-hybridized carbons (Fsp3) is 0.500. The zero-order valence-corrected chi connectivity index (χ0v) is 17.7. The van der Waals surface area contributed by atoms with E-state index in [1.807, 2.05) is 24.3 Å². The Morgan fingerprint density at radius 1 is 0.667 bits per heavy atom. The Morgan fingerprint density at radius 2 is 1.07 bits per heavy atom. The Labute approximate surface area is 164 Å². The van der Waals surface area contributed by atoms with Gasteiger partial charge in [0, 0.05) is 0 Å². The summed E-state index contributed by atoms with van der Waals surface area (Å²) in [6, 6.07) is 16.5. The standard InChI is InChI=1S/C24H34O3/c1-23(2,15-13-19-9-7-11-21(17-19)25-5)27-24(3,4)16-14-20-10-8-12-22(18-20)26-6/h7-12,17-18H,13-16H2,1-6H3. The minimum Gasteiger partial charge on any atom is -0.497 e. The quantitative estimate of drug-likeness (QED) is 0.525. The van der Waals surface area contributed by atoms with E-state index < -0.39 is 0 Å². The van der Waals surface area contributed by atoms with Gasteiger partial charge in [-0.15, -0.1) is 0 Å². The first kappa shape index (κ1) is 21.3. The van der Waals surface area contributed by atoms with Crippen LogP contribution in [0, 0.1) is 0 Å². The molecule has 0 radical (unpaired) electrons. The third-order valence-electron chi connectivity index (χ3n) is 4.85. The molecular weight excluding hydrogens is 336 g/mol. The highest BCUT2D eigenvalue weighted by Crippen LogP contribution is 2.29. The number of aryl methyl sites for hydroxylation is 2. The van der Waals surface area contributed by atoms with Crippen LogP contribution >= 0.6 is 0 Å². The largest absolute Gasteiger partial charge is 0.497 e. The third-order valence-corrected chi connectivity index (χ3v) is 4.85. The van der Waals surface area contributed by atoms with Crippen molar-refractivity contribution in [2.45, 2.75) is 64.6 Å². The molecule has 2 aromatic carbocycles. The zero-order chi connectivity index (χ0) is 19.9. The first-order valence-electron chi connectivity index (χ1n) is 9.69. The van der Waals surface area contributed by atoms with Crippen molar-refractivity contribution in [2.24, 2.45) is 0 Å². The summed E-state index contributed by atoms with van der Waals surface area (Å²) in [5.41, 5.74) is 2.17. The van der Waals surface area contributed by atoms with E-state index in [-0.39, 0.29) is 11.2 Å². The van der Waals surface area contributed by atoms with Gasteiger partial charge in [0.25, 0.3) is 0 Å². The molecule has 0 amide bonds. The molecule has 148 valence electrons. The lowest BCUT2D eigenvalue weighted by Gasteiger charge is -2.36. The predicted octanol–water partition coefficient (Wildman–Crippen LogP) is 5.84. The molecule has 0 aliphatic heterocycles. The summed E-state index contributed by atoms with van der Waals surface area (Å²) < 4.78 is 17.2. The molecule has 0 aliphatic carbocycles. The van der Waals surface area contributed by atoms with E-state index in [0.29, 0.717) is 0 Å². The molecule has 0 bridgehead atoms. The van der Waals surface area contributed by atoms with Crippen molar-refractivity contribution in [3.63, 3.8) is 0 Å². The molecule has 2 rings (SSSR count). The lowest BCUT2D eigenvalue weighted by atomic mass is 9.94. The molecule has 0 N–H and O–H groups in total. The maximum Gasteiger partial charge on any atom is 0.119 e. The van der Waals surface area contributed by atoms with Crippen LogP contribution in [0.2, 0.25) is 0 Å². The van der Waals surface area contributed by atoms with Gasteiger partial charge < -0.3 is 14.2 Å². The zero-order valence-electron chi connectivity index (χ0n) is 17.7. The van der Waals surface area contributed by atoms with Crippen LogP contribution in [0.25, 0.3) is 0 Å². The molecule has 0 aromatic heterocycles. The van der Waals surface area contributed by atoms with Crippen molar-refractivity contribution in [3.05, 3.63) is 59.7 Å². The van der Waals surface area contributed by atoms with Gasteiger partial charge >= 0.3 is 0 Å². The predicted molar refractivity (Wildman–Crippen MR) is 112 cm³/mol. The van der Waals surface area contributed by atoms with Gasteiger partial charge in [0.05, 0.1) is 25.4 Å². The molecule has 0 fully saturated rings. The summed E-state index contributed by atoms with van der Waals surface area (Å²) in [6.07, 6.45) is 3.86. The molecule has 0 saturated heterocycles. The van der Waals surface area contributed by atoms with Crippen molar-refractivity contribution < 1.29 is 14.2 Å². The third kappa shape index (κ3) is 7.26. The Kier molecular flexibility index (Phi) is 7.32. The van der Waals surface area contributed by atoms with E-state index in [4.69, 9.17) is 14.2 Å². The molecule has 0 saturated carbocycles. The van der Waals surface area contributed by atoms with Crippen LogP contribution in [0.15, 0.2) is 48.5 Å². The highest BCUT2D eigenvalue weighted by Gasteiger charge is 2.28. The minimum absolute atomic E-state index is 0.193. The fourth-order valence-electron chi connectivity index (χ4n) is 3.40. The Balaban J connectivity index is 1.89. The van der Waals surface area contributed by atoms with Crippen LogP contribution < -0.4 is 9.47 Å². The molecule has 0 heterocycles. The number of rotatable bonds is 10. The van der Waals surface area contributed by atoms with Crippen LogP contribution in [-0.4, -0.2) is 25.4 Å². The summed E-state index contributed by atoms with van der Waals surface area (Å²) in [6.45, 7) is 8.72. The Hall–Kier alpha value is -2.00. The van der Waals surface area contributed by atoms with Crippen LogP contribution in [0.5, 0.6) is 11.5 Å². The van der Waals surface area contributed by atoms with Crippen LogP contribution in [0.3, 0.4) is 0 Å². The topological polar surface area (TPSA) is 27.7 Å². The average molecular weight is 371 g/mol. The molecule has 0 unspecified atom stereocenters. The SMILES string of the molecule is COc1cccc(CCC(C)(C)OC(C)(C)CCc2cccc(OC)c2)c1. The van der Waals surface area contributed by atoms with E-state index in [1.165, 1.54) is 11.1 Å². The van der Waals surface area contributed by atoms with Gasteiger partial charge in [0.1, 0.15) is 11.5 Å². The van der Waals surface area contributed by atoms with E-state index in [0.717, 1.165) is 37.2 Å². The highest BCUT2D eigenvalue weighted by atomic mass is 16.5.